The predicted octanol–water partition coefficient (Wildman–Crippen LogP) is 1.59. The largest absolute Gasteiger partial charge is 0.284 e. The van der Waals surface area contributed by atoms with Crippen LogP contribution in [0.1, 0.15) is 0 Å². The monoisotopic (exact) mass is 194 g/mol. The first-order valence-electron chi connectivity index (χ1n) is 3.83. The molecule has 13 heavy (non-hydrogen) atoms. The zero-order valence-electron chi connectivity index (χ0n) is 6.77. The molecule has 4 heteroatoms. The van der Waals surface area contributed by atoms with Crippen LogP contribution in [0.15, 0.2) is 35.4 Å². The highest BCUT2D eigenvalue weighted by molar-refractivity contribution is 6.15. The van der Waals surface area contributed by atoms with Gasteiger partial charge in [-0.3, -0.25) is 9.36 Å². The van der Waals surface area contributed by atoms with Gasteiger partial charge in [-0.1, -0.05) is 12.1 Å². The Morgan fingerprint density at radius 3 is 2.92 bits per heavy atom. The standard InChI is InChI=1S/C9H7ClN2O/c10-5-12-6-11-8-4-2-1-3-7(8)9(12)13/h1-4,6H,5H2. The Hall–Kier alpha value is -1.35. The molecule has 0 fully saturated rings. The number of hydrogen-bond acceptors (Lipinski definition) is 2. The molecule has 0 aliphatic carbocycles. The van der Waals surface area contributed by atoms with E-state index >= 15 is 0 Å². The minimum Gasteiger partial charge on any atom is -0.284 e. The summed E-state index contributed by atoms with van der Waals surface area (Å²) >= 11 is 5.56. The van der Waals surface area contributed by atoms with Gasteiger partial charge in [-0.2, -0.15) is 0 Å². The maximum absolute atomic E-state index is 11.6. The van der Waals surface area contributed by atoms with Crippen molar-refractivity contribution >= 4 is 22.5 Å². The molecular formula is C9H7ClN2O. The summed E-state index contributed by atoms with van der Waals surface area (Å²) in [5, 5.41) is 0.602. The summed E-state index contributed by atoms with van der Waals surface area (Å²) in [6, 6.07) is 7.34. The average Bonchev–Trinajstić information content (AvgIpc) is 2.19. The number of halogens is 1. The predicted molar refractivity (Wildman–Crippen MR) is 51.9 cm³/mol. The van der Waals surface area contributed by atoms with Crippen molar-refractivity contribution in [3.63, 3.8) is 0 Å². The van der Waals surface area contributed by atoms with Crippen molar-refractivity contribution in [2.75, 3.05) is 0 Å². The molecular weight excluding hydrogens is 188 g/mol. The molecule has 0 spiro atoms. The normalized spacial score (nSPS) is 10.5. The van der Waals surface area contributed by atoms with E-state index in [9.17, 15) is 4.79 Å². The van der Waals surface area contributed by atoms with Crippen molar-refractivity contribution in [3.05, 3.63) is 40.9 Å². The first kappa shape index (κ1) is 8.26. The molecule has 66 valence electrons. The van der Waals surface area contributed by atoms with Gasteiger partial charge in [0.2, 0.25) is 0 Å². The molecule has 0 atom stereocenters. The molecule has 0 unspecified atom stereocenters. The average molecular weight is 195 g/mol. The fourth-order valence-electron chi connectivity index (χ4n) is 1.19. The summed E-state index contributed by atoms with van der Waals surface area (Å²) in [6.45, 7) is 0. The van der Waals surface area contributed by atoms with Gasteiger partial charge in [0.25, 0.3) is 5.56 Å². The second-order valence-electron chi connectivity index (χ2n) is 2.66. The molecule has 1 heterocycles. The van der Waals surface area contributed by atoms with E-state index in [1.54, 1.807) is 12.1 Å². The molecule has 2 aromatic rings. The second-order valence-corrected chi connectivity index (χ2v) is 2.90. The van der Waals surface area contributed by atoms with Crippen LogP contribution in [0.5, 0.6) is 0 Å². The van der Waals surface area contributed by atoms with Crippen LogP contribution in [0.3, 0.4) is 0 Å². The maximum Gasteiger partial charge on any atom is 0.262 e. The lowest BCUT2D eigenvalue weighted by atomic mass is 10.2. The first-order chi connectivity index (χ1) is 6.33. The lowest BCUT2D eigenvalue weighted by Gasteiger charge is -2.00. The van der Waals surface area contributed by atoms with E-state index in [4.69, 9.17) is 11.6 Å². The molecule has 0 aliphatic heterocycles. The maximum atomic E-state index is 11.6. The van der Waals surface area contributed by atoms with Gasteiger partial charge in [0, 0.05) is 0 Å². The summed E-state index contributed by atoms with van der Waals surface area (Å²) in [6.07, 6.45) is 1.46. The highest BCUT2D eigenvalue weighted by Gasteiger charge is 2.00. The van der Waals surface area contributed by atoms with Crippen LogP contribution in [0, 0.1) is 0 Å². The highest BCUT2D eigenvalue weighted by Crippen LogP contribution is 2.04. The third-order valence-electron chi connectivity index (χ3n) is 1.86. The minimum atomic E-state index is -0.0967. The Kier molecular flexibility index (Phi) is 2.02. The molecule has 0 saturated heterocycles. The van der Waals surface area contributed by atoms with Gasteiger partial charge in [0.15, 0.2) is 0 Å². The molecule has 0 amide bonds. The molecule has 3 nitrogen and oxygen atoms in total. The van der Waals surface area contributed by atoms with Gasteiger partial charge in [-0.05, 0) is 12.1 Å². The zero-order valence-corrected chi connectivity index (χ0v) is 7.53. The Morgan fingerprint density at radius 2 is 2.15 bits per heavy atom. The first-order valence-corrected chi connectivity index (χ1v) is 4.36. The van der Waals surface area contributed by atoms with Crippen LogP contribution < -0.4 is 5.56 Å². The van der Waals surface area contributed by atoms with Crippen molar-refractivity contribution in [2.24, 2.45) is 0 Å². The fraction of sp³-hybridized carbons (Fsp3) is 0.111. The molecule has 1 aromatic carbocycles. The van der Waals surface area contributed by atoms with Crippen LogP contribution in [0.4, 0.5) is 0 Å². The lowest BCUT2D eigenvalue weighted by Crippen LogP contribution is -2.18. The van der Waals surface area contributed by atoms with E-state index in [0.717, 1.165) is 0 Å². The number of para-hydroxylation sites is 1. The van der Waals surface area contributed by atoms with Crippen molar-refractivity contribution < 1.29 is 0 Å². The van der Waals surface area contributed by atoms with Gasteiger partial charge in [-0.25, -0.2) is 4.98 Å². The summed E-state index contributed by atoms with van der Waals surface area (Å²) < 4.78 is 1.36. The van der Waals surface area contributed by atoms with E-state index in [2.05, 4.69) is 4.98 Å². The van der Waals surface area contributed by atoms with Crippen LogP contribution >= 0.6 is 11.6 Å². The lowest BCUT2D eigenvalue weighted by molar-refractivity contribution is 0.816. The number of hydrogen-bond donors (Lipinski definition) is 0. The van der Waals surface area contributed by atoms with E-state index in [1.165, 1.54) is 10.9 Å². The molecule has 2 rings (SSSR count). The number of nitrogens with zero attached hydrogens (tertiary/aromatic N) is 2. The van der Waals surface area contributed by atoms with Gasteiger partial charge in [-0.15, -0.1) is 11.6 Å². The van der Waals surface area contributed by atoms with E-state index in [0.29, 0.717) is 10.9 Å². The number of benzene rings is 1. The van der Waals surface area contributed by atoms with Crippen LogP contribution in [-0.4, -0.2) is 9.55 Å². The van der Waals surface area contributed by atoms with Crippen LogP contribution in [0.2, 0.25) is 0 Å². The summed E-state index contributed by atoms with van der Waals surface area (Å²) in [4.78, 5) is 15.7. The van der Waals surface area contributed by atoms with Gasteiger partial charge in [0.1, 0.15) is 6.00 Å². The van der Waals surface area contributed by atoms with Gasteiger partial charge in [0.05, 0.1) is 17.2 Å². The molecule has 0 aliphatic rings. The SMILES string of the molecule is O=c1c2ccccc2ncn1CCl. The highest BCUT2D eigenvalue weighted by atomic mass is 35.5. The van der Waals surface area contributed by atoms with E-state index in [1.807, 2.05) is 12.1 Å². The zero-order chi connectivity index (χ0) is 9.26. The third kappa shape index (κ3) is 1.31. The van der Waals surface area contributed by atoms with Crippen molar-refractivity contribution in [3.8, 4) is 0 Å². The Bertz CT molecular complexity index is 492. The summed E-state index contributed by atoms with van der Waals surface area (Å²) in [5.41, 5.74) is 0.606. The fourth-order valence-corrected chi connectivity index (χ4v) is 1.36. The molecule has 0 bridgehead atoms. The number of rotatable bonds is 1. The number of aromatic nitrogens is 2. The van der Waals surface area contributed by atoms with E-state index in [-0.39, 0.29) is 11.6 Å². The van der Waals surface area contributed by atoms with Crippen LogP contribution in [-0.2, 0) is 6.00 Å². The molecule has 0 radical (unpaired) electrons. The summed E-state index contributed by atoms with van der Waals surface area (Å²) in [7, 11) is 0. The Morgan fingerprint density at radius 1 is 1.38 bits per heavy atom. The topological polar surface area (TPSA) is 34.9 Å². The van der Waals surface area contributed by atoms with E-state index < -0.39 is 0 Å². The third-order valence-corrected chi connectivity index (χ3v) is 2.12. The van der Waals surface area contributed by atoms with Crippen molar-refractivity contribution in [1.29, 1.82) is 0 Å². The minimum absolute atomic E-state index is 0.0967. The Labute approximate surface area is 79.6 Å². The van der Waals surface area contributed by atoms with Crippen LogP contribution in [0.25, 0.3) is 10.9 Å². The summed E-state index contributed by atoms with van der Waals surface area (Å²) in [5.74, 6) is 0. The molecule has 1 aromatic heterocycles. The number of alkyl halides is 1. The molecule has 0 N–H and O–H groups in total. The van der Waals surface area contributed by atoms with Gasteiger partial charge < -0.3 is 0 Å². The molecule has 0 saturated carbocycles. The quantitative estimate of drug-likeness (QED) is 0.647. The van der Waals surface area contributed by atoms with Crippen molar-refractivity contribution in [1.82, 2.24) is 9.55 Å². The second kappa shape index (κ2) is 3.18. The number of fused-ring (bicyclic) bond motifs is 1. The smallest absolute Gasteiger partial charge is 0.262 e. The Balaban J connectivity index is 2.87. The van der Waals surface area contributed by atoms with Crippen molar-refractivity contribution in [2.45, 2.75) is 6.00 Å². The van der Waals surface area contributed by atoms with Gasteiger partial charge >= 0.3 is 0 Å².